The van der Waals surface area contributed by atoms with Crippen LogP contribution in [0.1, 0.15) is 42.0 Å². The molecule has 0 aliphatic heterocycles. The maximum Gasteiger partial charge on any atom is 0.130 e. The highest BCUT2D eigenvalue weighted by Gasteiger charge is 2.26. The highest BCUT2D eigenvalue weighted by Crippen LogP contribution is 2.39. The summed E-state index contributed by atoms with van der Waals surface area (Å²) in [5.41, 5.74) is 2.58. The molecule has 1 N–H and O–H groups in total. The number of para-hydroxylation sites is 1. The second-order valence-corrected chi connectivity index (χ2v) is 8.94. The van der Waals surface area contributed by atoms with Crippen LogP contribution >= 0.6 is 11.6 Å². The van der Waals surface area contributed by atoms with Gasteiger partial charge in [-0.05, 0) is 34.9 Å². The molecular formula is C25H23ClF3NOS. The topological polar surface area (TPSA) is 32.9 Å². The van der Waals surface area contributed by atoms with Crippen molar-refractivity contribution in [2.24, 2.45) is 0 Å². The Bertz CT molecular complexity index is 1220. The fourth-order valence-corrected chi connectivity index (χ4v) is 4.63. The van der Waals surface area contributed by atoms with Gasteiger partial charge in [-0.25, -0.2) is 13.2 Å². The third kappa shape index (κ3) is 4.92. The molecule has 0 saturated carbocycles. The lowest BCUT2D eigenvalue weighted by molar-refractivity contribution is 0.564. The Kier molecular flexibility index (Phi) is 7.80. The predicted molar refractivity (Wildman–Crippen MR) is 126 cm³/mol. The van der Waals surface area contributed by atoms with E-state index in [1.165, 1.54) is 24.3 Å². The Morgan fingerprint density at radius 3 is 2.22 bits per heavy atom. The largest absolute Gasteiger partial charge is 0.361 e. The van der Waals surface area contributed by atoms with Gasteiger partial charge in [-0.2, -0.15) is 0 Å². The fraction of sp³-hybridized carbons (Fsp3) is 0.200. The standard InChI is InChI=1S/C23H17ClF3NOS.C2H6/c1-30(29)12-13-3-2-4-16-19(11-28-23(13)16)22(17-7-5-14(24)9-20(17)26)18-8-6-15(25)10-21(18)27;1-2/h2-11,22,28H,12H2,1H3;1-2H3. The summed E-state index contributed by atoms with van der Waals surface area (Å²) in [7, 11) is -1.05. The first kappa shape index (κ1) is 24.1. The number of aromatic amines is 1. The summed E-state index contributed by atoms with van der Waals surface area (Å²) in [4.78, 5) is 3.16. The molecule has 2 nitrogen and oxygen atoms in total. The highest BCUT2D eigenvalue weighted by molar-refractivity contribution is 7.83. The summed E-state index contributed by atoms with van der Waals surface area (Å²) in [6.07, 6.45) is 3.30. The lowest BCUT2D eigenvalue weighted by atomic mass is 9.84. The van der Waals surface area contributed by atoms with Crippen molar-refractivity contribution < 1.29 is 17.4 Å². The molecule has 0 spiro atoms. The van der Waals surface area contributed by atoms with E-state index in [1.54, 1.807) is 12.5 Å². The molecule has 1 aromatic heterocycles. The molecule has 2 atom stereocenters. The molecular weight excluding hydrogens is 455 g/mol. The minimum Gasteiger partial charge on any atom is -0.361 e. The van der Waals surface area contributed by atoms with Crippen LogP contribution in [0.5, 0.6) is 0 Å². The lowest BCUT2D eigenvalue weighted by Crippen LogP contribution is -2.08. The summed E-state index contributed by atoms with van der Waals surface area (Å²) in [5.74, 6) is -2.55. The van der Waals surface area contributed by atoms with Crippen LogP contribution in [0, 0.1) is 17.5 Å². The van der Waals surface area contributed by atoms with Gasteiger partial charge in [0.2, 0.25) is 0 Å². The molecule has 4 rings (SSSR count). The molecule has 1 heterocycles. The second-order valence-electron chi connectivity index (χ2n) is 7.07. The number of fused-ring (bicyclic) bond motifs is 1. The molecule has 7 heteroatoms. The molecule has 32 heavy (non-hydrogen) atoms. The molecule has 0 aliphatic rings. The van der Waals surface area contributed by atoms with Gasteiger partial charge in [-0.15, -0.1) is 0 Å². The normalized spacial score (nSPS) is 12.8. The van der Waals surface area contributed by atoms with E-state index in [0.29, 0.717) is 11.3 Å². The van der Waals surface area contributed by atoms with Crippen LogP contribution in [-0.2, 0) is 16.6 Å². The van der Waals surface area contributed by atoms with E-state index in [0.717, 1.165) is 28.6 Å². The van der Waals surface area contributed by atoms with Crippen LogP contribution in [-0.4, -0.2) is 15.4 Å². The number of H-pyrrole nitrogens is 1. The molecule has 0 bridgehead atoms. The van der Waals surface area contributed by atoms with E-state index in [1.807, 2.05) is 32.0 Å². The van der Waals surface area contributed by atoms with E-state index in [-0.39, 0.29) is 16.1 Å². The zero-order valence-corrected chi connectivity index (χ0v) is 19.5. The third-order valence-electron chi connectivity index (χ3n) is 5.05. The van der Waals surface area contributed by atoms with Gasteiger partial charge in [0, 0.05) is 56.7 Å². The van der Waals surface area contributed by atoms with Crippen molar-refractivity contribution in [3.8, 4) is 0 Å². The highest BCUT2D eigenvalue weighted by atomic mass is 35.5. The lowest BCUT2D eigenvalue weighted by Gasteiger charge is -2.20. The van der Waals surface area contributed by atoms with Crippen molar-refractivity contribution in [1.29, 1.82) is 0 Å². The zero-order chi connectivity index (χ0) is 23.4. The van der Waals surface area contributed by atoms with Gasteiger partial charge in [-0.3, -0.25) is 4.21 Å². The third-order valence-corrected chi connectivity index (χ3v) is 6.00. The monoisotopic (exact) mass is 477 g/mol. The number of halogens is 4. The van der Waals surface area contributed by atoms with Crippen LogP contribution in [0.2, 0.25) is 5.02 Å². The number of aromatic nitrogens is 1. The Balaban J connectivity index is 0.00000141. The molecule has 2 unspecified atom stereocenters. The molecule has 0 fully saturated rings. The number of nitrogens with one attached hydrogen (secondary N) is 1. The summed E-state index contributed by atoms with van der Waals surface area (Å²) in [5, 5.41) is 0.974. The Labute approximate surface area is 192 Å². The van der Waals surface area contributed by atoms with Crippen LogP contribution < -0.4 is 0 Å². The number of hydrogen-bond donors (Lipinski definition) is 1. The molecule has 0 amide bonds. The fourth-order valence-electron chi connectivity index (χ4n) is 3.79. The number of hydrogen-bond acceptors (Lipinski definition) is 1. The van der Waals surface area contributed by atoms with Crippen LogP contribution in [0.3, 0.4) is 0 Å². The number of rotatable bonds is 5. The first-order chi connectivity index (χ1) is 15.3. The minimum atomic E-state index is -1.05. The quantitative estimate of drug-likeness (QED) is 0.321. The van der Waals surface area contributed by atoms with Crippen LogP contribution in [0.4, 0.5) is 13.2 Å². The van der Waals surface area contributed by atoms with Gasteiger partial charge >= 0.3 is 0 Å². The molecule has 0 aliphatic carbocycles. The van der Waals surface area contributed by atoms with Gasteiger partial charge in [0.15, 0.2) is 0 Å². The summed E-state index contributed by atoms with van der Waals surface area (Å²) >= 11 is 5.91. The molecule has 168 valence electrons. The Hall–Kier alpha value is -2.57. The first-order valence-corrected chi connectivity index (χ1v) is 12.2. The van der Waals surface area contributed by atoms with Crippen LogP contribution in [0.25, 0.3) is 10.9 Å². The van der Waals surface area contributed by atoms with Gasteiger partial charge in [-0.1, -0.05) is 55.8 Å². The maximum absolute atomic E-state index is 14.9. The summed E-state index contributed by atoms with van der Waals surface area (Å²) in [6, 6.07) is 13.0. The van der Waals surface area contributed by atoms with E-state index in [9.17, 15) is 17.4 Å². The van der Waals surface area contributed by atoms with Gasteiger partial charge < -0.3 is 4.98 Å². The van der Waals surface area contributed by atoms with Gasteiger partial charge in [0.05, 0.1) is 5.75 Å². The maximum atomic E-state index is 14.9. The summed E-state index contributed by atoms with van der Waals surface area (Å²) < 4.78 is 55.0. The van der Waals surface area contributed by atoms with Crippen molar-refractivity contribution in [1.82, 2.24) is 4.98 Å². The smallest absolute Gasteiger partial charge is 0.130 e. The zero-order valence-electron chi connectivity index (χ0n) is 17.9. The van der Waals surface area contributed by atoms with Gasteiger partial charge in [0.1, 0.15) is 17.5 Å². The molecule has 4 aromatic rings. The van der Waals surface area contributed by atoms with Crippen molar-refractivity contribution >= 4 is 33.3 Å². The minimum absolute atomic E-state index is 0.142. The number of benzene rings is 3. The summed E-state index contributed by atoms with van der Waals surface area (Å²) in [6.45, 7) is 4.00. The molecule has 3 aromatic carbocycles. The van der Waals surface area contributed by atoms with Gasteiger partial charge in [0.25, 0.3) is 0 Å². The molecule has 0 radical (unpaired) electrons. The van der Waals surface area contributed by atoms with Crippen molar-refractivity contribution in [2.75, 3.05) is 6.26 Å². The molecule has 0 saturated heterocycles. The predicted octanol–water partition coefficient (Wildman–Crippen LogP) is 7.32. The average molecular weight is 478 g/mol. The SMILES string of the molecule is CC.CS(=O)Cc1cccc2c(C(c3ccc(F)cc3F)c3ccc(Cl)cc3F)c[nH]c12. The Morgan fingerprint density at radius 1 is 0.938 bits per heavy atom. The van der Waals surface area contributed by atoms with Crippen molar-refractivity contribution in [2.45, 2.75) is 25.5 Å². The van der Waals surface area contributed by atoms with Crippen LogP contribution in [0.15, 0.2) is 60.8 Å². The first-order valence-electron chi connectivity index (χ1n) is 10.1. The van der Waals surface area contributed by atoms with Crippen molar-refractivity contribution in [3.05, 3.63) is 106 Å². The Morgan fingerprint density at radius 2 is 1.59 bits per heavy atom. The average Bonchev–Trinajstić information content (AvgIpc) is 3.17. The second kappa shape index (κ2) is 10.4. The van der Waals surface area contributed by atoms with Crippen molar-refractivity contribution in [3.63, 3.8) is 0 Å². The van der Waals surface area contributed by atoms with E-state index < -0.39 is 34.2 Å². The van der Waals surface area contributed by atoms with E-state index in [2.05, 4.69) is 4.98 Å². The van der Waals surface area contributed by atoms with E-state index in [4.69, 9.17) is 11.6 Å². The van der Waals surface area contributed by atoms with E-state index >= 15 is 0 Å².